The molecule has 0 saturated heterocycles. The van der Waals surface area contributed by atoms with E-state index in [1.54, 1.807) is 24.4 Å². The van der Waals surface area contributed by atoms with Gasteiger partial charge in [0.25, 0.3) is 0 Å². The van der Waals surface area contributed by atoms with Crippen LogP contribution in [0.1, 0.15) is 23.6 Å². The van der Waals surface area contributed by atoms with Crippen LogP contribution in [-0.4, -0.2) is 34.8 Å². The fourth-order valence-corrected chi connectivity index (χ4v) is 3.36. The zero-order valence-corrected chi connectivity index (χ0v) is 17.8. The Bertz CT molecular complexity index is 976. The van der Waals surface area contributed by atoms with Crippen LogP contribution in [0.3, 0.4) is 0 Å². The molecule has 0 aliphatic carbocycles. The van der Waals surface area contributed by atoms with Gasteiger partial charge in [-0.2, -0.15) is 0 Å². The third-order valence-corrected chi connectivity index (χ3v) is 5.06. The van der Waals surface area contributed by atoms with Gasteiger partial charge in [-0.1, -0.05) is 48.5 Å². The molecule has 6 nitrogen and oxygen atoms in total. The topological polar surface area (TPSA) is 71.5 Å². The number of hydrogen-bond donors (Lipinski definition) is 1. The molecule has 0 aliphatic heterocycles. The summed E-state index contributed by atoms with van der Waals surface area (Å²) < 4.78 is 5.21. The first-order chi connectivity index (χ1) is 15.1. The first-order valence-corrected chi connectivity index (χ1v) is 10.2. The Balaban J connectivity index is 1.81. The van der Waals surface area contributed by atoms with Crippen molar-refractivity contribution < 1.29 is 14.3 Å². The summed E-state index contributed by atoms with van der Waals surface area (Å²) in [4.78, 5) is 31.5. The third kappa shape index (κ3) is 6.40. The van der Waals surface area contributed by atoms with E-state index < -0.39 is 6.04 Å². The zero-order valence-electron chi connectivity index (χ0n) is 17.8. The molecule has 1 aromatic heterocycles. The van der Waals surface area contributed by atoms with Crippen molar-refractivity contribution in [2.75, 3.05) is 7.11 Å². The van der Waals surface area contributed by atoms with Crippen molar-refractivity contribution in [1.29, 1.82) is 0 Å². The van der Waals surface area contributed by atoms with E-state index in [0.717, 1.165) is 22.4 Å². The number of methoxy groups -OCH3 is 1. The number of amides is 2. The molecule has 3 aromatic rings. The minimum Gasteiger partial charge on any atom is -0.497 e. The molecule has 0 aliphatic rings. The maximum atomic E-state index is 13.2. The summed E-state index contributed by atoms with van der Waals surface area (Å²) in [6.45, 7) is 2.18. The summed E-state index contributed by atoms with van der Waals surface area (Å²) in [5.74, 6) is 0.387. The minimum absolute atomic E-state index is 0.159. The molecule has 1 heterocycles. The van der Waals surface area contributed by atoms with Gasteiger partial charge in [-0.05, 0) is 34.9 Å². The first-order valence-electron chi connectivity index (χ1n) is 10.2. The number of carbonyl (C=O) groups excluding carboxylic acids is 2. The summed E-state index contributed by atoms with van der Waals surface area (Å²) in [5.41, 5.74) is 2.82. The van der Waals surface area contributed by atoms with Crippen LogP contribution < -0.4 is 10.1 Å². The normalized spacial score (nSPS) is 11.4. The number of aromatic nitrogens is 1. The van der Waals surface area contributed by atoms with Gasteiger partial charge in [0, 0.05) is 38.8 Å². The van der Waals surface area contributed by atoms with Gasteiger partial charge in [0.15, 0.2) is 0 Å². The van der Waals surface area contributed by atoms with E-state index in [4.69, 9.17) is 4.74 Å². The molecule has 0 spiro atoms. The van der Waals surface area contributed by atoms with E-state index in [9.17, 15) is 9.59 Å². The lowest BCUT2D eigenvalue weighted by Crippen LogP contribution is -2.49. The van der Waals surface area contributed by atoms with Gasteiger partial charge in [-0.15, -0.1) is 0 Å². The second kappa shape index (κ2) is 10.9. The highest BCUT2D eigenvalue weighted by molar-refractivity contribution is 5.87. The van der Waals surface area contributed by atoms with Gasteiger partial charge in [-0.3, -0.25) is 14.6 Å². The zero-order chi connectivity index (χ0) is 22.1. The Labute approximate surface area is 182 Å². The van der Waals surface area contributed by atoms with Crippen LogP contribution in [0, 0.1) is 0 Å². The Hall–Kier alpha value is -3.67. The summed E-state index contributed by atoms with van der Waals surface area (Å²) in [5, 5.41) is 2.97. The van der Waals surface area contributed by atoms with Crippen LogP contribution in [0.25, 0.3) is 0 Å². The highest BCUT2D eigenvalue weighted by Crippen LogP contribution is 2.17. The number of benzene rings is 2. The molecule has 0 radical (unpaired) electrons. The summed E-state index contributed by atoms with van der Waals surface area (Å²) in [7, 11) is 1.61. The Kier molecular flexibility index (Phi) is 7.76. The Morgan fingerprint density at radius 2 is 1.68 bits per heavy atom. The molecular formula is C25H27N3O3. The molecule has 1 N–H and O–H groups in total. The molecule has 3 rings (SSSR count). The van der Waals surface area contributed by atoms with Gasteiger partial charge >= 0.3 is 0 Å². The monoisotopic (exact) mass is 417 g/mol. The summed E-state index contributed by atoms with van der Waals surface area (Å²) in [6, 6.07) is 20.3. The van der Waals surface area contributed by atoms with Crippen molar-refractivity contribution in [3.8, 4) is 5.75 Å². The predicted molar refractivity (Wildman–Crippen MR) is 119 cm³/mol. The number of pyridine rings is 1. The molecule has 1 atom stereocenters. The predicted octanol–water partition coefficient (Wildman–Crippen LogP) is 3.37. The smallest absolute Gasteiger partial charge is 0.243 e. The average Bonchev–Trinajstić information content (AvgIpc) is 2.81. The van der Waals surface area contributed by atoms with Crippen LogP contribution in [0.5, 0.6) is 5.75 Å². The van der Waals surface area contributed by atoms with E-state index in [-0.39, 0.29) is 11.8 Å². The van der Waals surface area contributed by atoms with E-state index in [1.807, 2.05) is 66.7 Å². The summed E-state index contributed by atoms with van der Waals surface area (Å²) >= 11 is 0. The van der Waals surface area contributed by atoms with Crippen LogP contribution in [-0.2, 0) is 29.1 Å². The second-order valence-electron chi connectivity index (χ2n) is 7.28. The van der Waals surface area contributed by atoms with Crippen molar-refractivity contribution >= 4 is 11.8 Å². The van der Waals surface area contributed by atoms with Crippen LogP contribution >= 0.6 is 0 Å². The highest BCUT2D eigenvalue weighted by Gasteiger charge is 2.28. The summed E-state index contributed by atoms with van der Waals surface area (Å²) in [6.07, 6.45) is 3.83. The van der Waals surface area contributed by atoms with Crippen molar-refractivity contribution in [1.82, 2.24) is 15.2 Å². The molecule has 0 unspecified atom stereocenters. The van der Waals surface area contributed by atoms with Crippen LogP contribution in [0.4, 0.5) is 0 Å². The first kappa shape index (κ1) is 22.0. The van der Waals surface area contributed by atoms with E-state index in [1.165, 1.54) is 6.92 Å². The molecule has 6 heteroatoms. The van der Waals surface area contributed by atoms with Gasteiger partial charge in [0.2, 0.25) is 11.8 Å². The SMILES string of the molecule is COc1ccc(CN(C(C)=O)[C@H](Cc2ccccc2)C(=O)NCc2cccnc2)cc1. The van der Waals surface area contributed by atoms with Crippen molar-refractivity contribution in [2.45, 2.75) is 32.5 Å². The Morgan fingerprint density at radius 3 is 2.29 bits per heavy atom. The van der Waals surface area contributed by atoms with Gasteiger partial charge in [-0.25, -0.2) is 0 Å². The molecule has 160 valence electrons. The molecule has 2 amide bonds. The van der Waals surface area contributed by atoms with Gasteiger partial charge in [0.05, 0.1) is 7.11 Å². The molecule has 0 bridgehead atoms. The van der Waals surface area contributed by atoms with Gasteiger partial charge < -0.3 is 15.0 Å². The van der Waals surface area contributed by atoms with Crippen LogP contribution in [0.2, 0.25) is 0 Å². The lowest BCUT2D eigenvalue weighted by Gasteiger charge is -2.30. The molecular weight excluding hydrogens is 390 g/mol. The molecule has 0 fully saturated rings. The fraction of sp³-hybridized carbons (Fsp3) is 0.240. The van der Waals surface area contributed by atoms with E-state index in [0.29, 0.717) is 19.5 Å². The molecule has 2 aromatic carbocycles. The quantitative estimate of drug-likeness (QED) is 0.580. The van der Waals surface area contributed by atoms with E-state index >= 15 is 0 Å². The lowest BCUT2D eigenvalue weighted by molar-refractivity contribution is -0.139. The number of rotatable bonds is 9. The number of ether oxygens (including phenoxy) is 1. The van der Waals surface area contributed by atoms with Crippen molar-refractivity contribution in [3.63, 3.8) is 0 Å². The van der Waals surface area contributed by atoms with Crippen molar-refractivity contribution in [2.24, 2.45) is 0 Å². The fourth-order valence-electron chi connectivity index (χ4n) is 3.36. The second-order valence-corrected chi connectivity index (χ2v) is 7.28. The Morgan fingerprint density at radius 1 is 0.968 bits per heavy atom. The van der Waals surface area contributed by atoms with E-state index in [2.05, 4.69) is 10.3 Å². The highest BCUT2D eigenvalue weighted by atomic mass is 16.5. The number of nitrogens with one attached hydrogen (secondary N) is 1. The third-order valence-electron chi connectivity index (χ3n) is 5.06. The minimum atomic E-state index is -0.640. The average molecular weight is 418 g/mol. The molecule has 0 saturated carbocycles. The maximum absolute atomic E-state index is 13.2. The number of hydrogen-bond acceptors (Lipinski definition) is 4. The maximum Gasteiger partial charge on any atom is 0.243 e. The lowest BCUT2D eigenvalue weighted by atomic mass is 10.0. The largest absolute Gasteiger partial charge is 0.497 e. The van der Waals surface area contributed by atoms with Crippen molar-refractivity contribution in [3.05, 3.63) is 95.8 Å². The molecule has 31 heavy (non-hydrogen) atoms. The van der Waals surface area contributed by atoms with Gasteiger partial charge in [0.1, 0.15) is 11.8 Å². The van der Waals surface area contributed by atoms with Crippen LogP contribution in [0.15, 0.2) is 79.1 Å². The number of nitrogens with zero attached hydrogens (tertiary/aromatic N) is 2. The standard InChI is InChI=1S/C25H27N3O3/c1-19(29)28(18-21-10-12-23(31-2)13-11-21)24(15-20-7-4-3-5-8-20)25(30)27-17-22-9-6-14-26-16-22/h3-14,16,24H,15,17-18H2,1-2H3,(H,27,30)/t24-/m1/s1. The number of carbonyl (C=O) groups is 2.